The van der Waals surface area contributed by atoms with Crippen LogP contribution in [0, 0.1) is 0 Å². The molecule has 0 aliphatic heterocycles. The van der Waals surface area contributed by atoms with E-state index in [-0.39, 0.29) is 23.0 Å². The largest absolute Gasteiger partial charge is 0.492 e. The Morgan fingerprint density at radius 1 is 1.26 bits per heavy atom. The van der Waals surface area contributed by atoms with E-state index in [4.69, 9.17) is 9.15 Å². The zero-order valence-corrected chi connectivity index (χ0v) is 15.9. The van der Waals surface area contributed by atoms with Crippen LogP contribution in [0.1, 0.15) is 17.5 Å². The van der Waals surface area contributed by atoms with Crippen LogP contribution in [-0.2, 0) is 10.0 Å². The topological polar surface area (TPSA) is 102 Å². The molecule has 27 heavy (non-hydrogen) atoms. The van der Waals surface area contributed by atoms with Gasteiger partial charge in [-0.1, -0.05) is 0 Å². The lowest BCUT2D eigenvalue weighted by Crippen LogP contribution is -2.30. The van der Waals surface area contributed by atoms with Crippen molar-refractivity contribution in [3.05, 3.63) is 48.5 Å². The Balaban J connectivity index is 1.89. The van der Waals surface area contributed by atoms with Crippen molar-refractivity contribution in [2.75, 3.05) is 25.6 Å². The Hall–Kier alpha value is -3.07. The fraction of sp³-hybridized carbons (Fsp3) is 0.222. The molecule has 3 rings (SSSR count). The average molecular weight is 389 g/mol. The van der Waals surface area contributed by atoms with E-state index in [1.807, 2.05) is 29.8 Å². The second-order valence-electron chi connectivity index (χ2n) is 5.92. The molecule has 0 aliphatic carbocycles. The van der Waals surface area contributed by atoms with E-state index in [2.05, 4.69) is 4.98 Å². The number of carbonyl (C=O) groups is 1. The lowest BCUT2D eigenvalue weighted by molar-refractivity contribution is 0.0956. The molecule has 0 fully saturated rings. The maximum Gasteiger partial charge on any atom is 0.300 e. The van der Waals surface area contributed by atoms with Crippen molar-refractivity contribution < 1.29 is 22.4 Å². The van der Waals surface area contributed by atoms with Gasteiger partial charge in [0.1, 0.15) is 16.2 Å². The van der Waals surface area contributed by atoms with E-state index in [1.165, 1.54) is 18.3 Å². The molecule has 0 bridgehead atoms. The van der Waals surface area contributed by atoms with Crippen LogP contribution in [0.3, 0.4) is 0 Å². The van der Waals surface area contributed by atoms with Gasteiger partial charge >= 0.3 is 5.91 Å². The number of hydrogen-bond donors (Lipinski definition) is 1. The van der Waals surface area contributed by atoms with Gasteiger partial charge in [0.15, 0.2) is 5.76 Å². The SMILES string of the molecule is CCOc1ccncc1S(=O)(=O)NC(=O)c1cc2ccc(N(C)C)cc2o1. The van der Waals surface area contributed by atoms with Crippen LogP contribution in [0.15, 0.2) is 52.0 Å². The first kappa shape index (κ1) is 18.7. The fourth-order valence-corrected chi connectivity index (χ4v) is 3.53. The Morgan fingerprint density at radius 3 is 2.74 bits per heavy atom. The normalized spacial score (nSPS) is 11.4. The Kier molecular flexibility index (Phi) is 5.04. The minimum Gasteiger partial charge on any atom is -0.492 e. The second kappa shape index (κ2) is 7.28. The number of aromatic nitrogens is 1. The molecule has 2 aromatic heterocycles. The third-order valence-corrected chi connectivity index (χ3v) is 5.15. The van der Waals surface area contributed by atoms with Crippen LogP contribution in [0.4, 0.5) is 5.69 Å². The average Bonchev–Trinajstić information content (AvgIpc) is 3.05. The Morgan fingerprint density at radius 2 is 2.04 bits per heavy atom. The highest BCUT2D eigenvalue weighted by Gasteiger charge is 2.25. The number of anilines is 1. The van der Waals surface area contributed by atoms with Gasteiger partial charge in [-0.25, -0.2) is 13.1 Å². The third kappa shape index (κ3) is 3.87. The molecule has 9 heteroatoms. The summed E-state index contributed by atoms with van der Waals surface area (Å²) >= 11 is 0. The molecule has 0 atom stereocenters. The van der Waals surface area contributed by atoms with Gasteiger partial charge in [-0.15, -0.1) is 0 Å². The van der Waals surface area contributed by atoms with Crippen molar-refractivity contribution in [1.82, 2.24) is 9.71 Å². The zero-order valence-electron chi connectivity index (χ0n) is 15.1. The van der Waals surface area contributed by atoms with Crippen LogP contribution in [-0.4, -0.2) is 40.0 Å². The predicted molar refractivity (Wildman–Crippen MR) is 101 cm³/mol. The summed E-state index contributed by atoms with van der Waals surface area (Å²) in [7, 11) is -0.409. The predicted octanol–water partition coefficient (Wildman–Crippen LogP) is 2.41. The van der Waals surface area contributed by atoms with Crippen LogP contribution in [0.25, 0.3) is 11.0 Å². The molecule has 3 aromatic rings. The van der Waals surface area contributed by atoms with E-state index in [1.54, 1.807) is 19.1 Å². The number of benzene rings is 1. The number of sulfonamides is 1. The molecule has 8 nitrogen and oxygen atoms in total. The van der Waals surface area contributed by atoms with Crippen molar-refractivity contribution in [1.29, 1.82) is 0 Å². The van der Waals surface area contributed by atoms with Crippen molar-refractivity contribution in [2.24, 2.45) is 0 Å². The molecule has 2 heterocycles. The number of fused-ring (bicyclic) bond motifs is 1. The molecule has 1 aromatic carbocycles. The number of carbonyl (C=O) groups excluding carboxylic acids is 1. The molecule has 0 saturated carbocycles. The van der Waals surface area contributed by atoms with Crippen molar-refractivity contribution >= 4 is 32.6 Å². The monoisotopic (exact) mass is 389 g/mol. The van der Waals surface area contributed by atoms with Gasteiger partial charge in [0, 0.05) is 37.4 Å². The summed E-state index contributed by atoms with van der Waals surface area (Å²) in [5, 5.41) is 0.694. The summed E-state index contributed by atoms with van der Waals surface area (Å²) in [6.07, 6.45) is 2.54. The molecule has 0 saturated heterocycles. The molecule has 0 unspecified atom stereocenters. The number of ether oxygens (including phenoxy) is 1. The quantitative estimate of drug-likeness (QED) is 0.691. The van der Waals surface area contributed by atoms with E-state index < -0.39 is 15.9 Å². The summed E-state index contributed by atoms with van der Waals surface area (Å²) in [6, 6.07) is 8.36. The smallest absolute Gasteiger partial charge is 0.300 e. The van der Waals surface area contributed by atoms with Gasteiger partial charge in [0.25, 0.3) is 10.0 Å². The van der Waals surface area contributed by atoms with Gasteiger partial charge in [-0.05, 0) is 31.2 Å². The minimum atomic E-state index is -4.17. The Labute approximate surface area is 156 Å². The van der Waals surface area contributed by atoms with Crippen molar-refractivity contribution in [3.63, 3.8) is 0 Å². The number of amides is 1. The maximum atomic E-state index is 12.6. The van der Waals surface area contributed by atoms with Crippen LogP contribution in [0.5, 0.6) is 5.75 Å². The molecule has 1 amide bonds. The summed E-state index contributed by atoms with van der Waals surface area (Å²) in [4.78, 5) is 17.9. The van der Waals surface area contributed by atoms with Gasteiger partial charge in [-0.2, -0.15) is 0 Å². The Bertz CT molecular complexity index is 1090. The highest BCUT2D eigenvalue weighted by molar-refractivity contribution is 7.90. The van der Waals surface area contributed by atoms with Gasteiger partial charge in [0.2, 0.25) is 0 Å². The first-order valence-corrected chi connectivity index (χ1v) is 9.65. The first-order valence-electron chi connectivity index (χ1n) is 8.16. The fourth-order valence-electron chi connectivity index (χ4n) is 2.48. The maximum absolute atomic E-state index is 12.6. The molecule has 0 spiro atoms. The third-order valence-electron chi connectivity index (χ3n) is 3.81. The molecular weight excluding hydrogens is 370 g/mol. The van der Waals surface area contributed by atoms with Gasteiger partial charge < -0.3 is 14.1 Å². The molecular formula is C18H19N3O5S. The lowest BCUT2D eigenvalue weighted by atomic mass is 10.2. The zero-order chi connectivity index (χ0) is 19.6. The number of furan rings is 1. The highest BCUT2D eigenvalue weighted by Crippen LogP contribution is 2.25. The molecule has 142 valence electrons. The number of rotatable bonds is 6. The van der Waals surface area contributed by atoms with E-state index in [0.29, 0.717) is 11.0 Å². The van der Waals surface area contributed by atoms with Crippen LogP contribution in [0.2, 0.25) is 0 Å². The summed E-state index contributed by atoms with van der Waals surface area (Å²) in [5.41, 5.74) is 1.38. The number of nitrogens with one attached hydrogen (secondary N) is 1. The number of pyridine rings is 1. The van der Waals surface area contributed by atoms with Crippen LogP contribution >= 0.6 is 0 Å². The van der Waals surface area contributed by atoms with Crippen molar-refractivity contribution in [2.45, 2.75) is 11.8 Å². The van der Waals surface area contributed by atoms with E-state index >= 15 is 0 Å². The highest BCUT2D eigenvalue weighted by atomic mass is 32.2. The van der Waals surface area contributed by atoms with Crippen LogP contribution < -0.4 is 14.4 Å². The molecule has 1 N–H and O–H groups in total. The summed E-state index contributed by atoms with van der Waals surface area (Å²) in [6.45, 7) is 2.00. The lowest BCUT2D eigenvalue weighted by Gasteiger charge is -2.11. The molecule has 0 radical (unpaired) electrons. The van der Waals surface area contributed by atoms with E-state index in [0.717, 1.165) is 11.9 Å². The van der Waals surface area contributed by atoms with E-state index in [9.17, 15) is 13.2 Å². The van der Waals surface area contributed by atoms with Gasteiger partial charge in [0.05, 0.1) is 12.8 Å². The number of nitrogens with zero attached hydrogens (tertiary/aromatic N) is 2. The second-order valence-corrected chi connectivity index (χ2v) is 7.57. The molecule has 0 aliphatic rings. The number of hydrogen-bond acceptors (Lipinski definition) is 7. The first-order chi connectivity index (χ1) is 12.8. The van der Waals surface area contributed by atoms with Crippen molar-refractivity contribution in [3.8, 4) is 5.75 Å². The standard InChI is InChI=1S/C18H19N3O5S/c1-4-25-14-7-8-19-11-17(14)27(23,24)20-18(22)16-9-12-5-6-13(21(2)3)10-15(12)26-16/h5-11H,4H2,1-3H3,(H,20,22). The minimum absolute atomic E-state index is 0.105. The summed E-state index contributed by atoms with van der Waals surface area (Å²) < 4.78 is 38.0. The van der Waals surface area contributed by atoms with Gasteiger partial charge in [-0.3, -0.25) is 9.78 Å². The summed E-state index contributed by atoms with van der Waals surface area (Å²) in [5.74, 6) is -0.858.